The summed E-state index contributed by atoms with van der Waals surface area (Å²) < 4.78 is 38.5. The lowest BCUT2D eigenvalue weighted by Crippen LogP contribution is -2.20. The van der Waals surface area contributed by atoms with Gasteiger partial charge in [0.1, 0.15) is 0 Å². The van der Waals surface area contributed by atoms with Gasteiger partial charge in [-0.1, -0.05) is 0 Å². The van der Waals surface area contributed by atoms with Crippen molar-refractivity contribution in [2.45, 2.75) is 32.0 Å². The summed E-state index contributed by atoms with van der Waals surface area (Å²) in [5.41, 5.74) is -1.49. The van der Waals surface area contributed by atoms with Gasteiger partial charge in [0.2, 0.25) is 0 Å². The Bertz CT molecular complexity index is 564. The van der Waals surface area contributed by atoms with Gasteiger partial charge in [-0.25, -0.2) is 0 Å². The van der Waals surface area contributed by atoms with Crippen molar-refractivity contribution >= 4 is 21.4 Å². The SMILES string of the molecule is CC(C)(O)Cc1cc2cc(C(F)(F)F)ccc2s1. The molecule has 1 aromatic carbocycles. The Labute approximate surface area is 107 Å². The highest BCUT2D eigenvalue weighted by atomic mass is 32.1. The maximum absolute atomic E-state index is 12.6. The predicted octanol–water partition coefficient (Wildman–Crippen LogP) is 4.23. The van der Waals surface area contributed by atoms with Crippen LogP contribution >= 0.6 is 11.3 Å². The van der Waals surface area contributed by atoms with Crippen molar-refractivity contribution in [1.29, 1.82) is 0 Å². The van der Waals surface area contributed by atoms with E-state index in [0.29, 0.717) is 11.8 Å². The molecule has 0 radical (unpaired) electrons. The topological polar surface area (TPSA) is 20.2 Å². The number of benzene rings is 1. The summed E-state index contributed by atoms with van der Waals surface area (Å²) in [5.74, 6) is 0. The third-order valence-electron chi connectivity index (χ3n) is 2.50. The Balaban J connectivity index is 2.40. The van der Waals surface area contributed by atoms with Crippen LogP contribution in [0.15, 0.2) is 24.3 Å². The van der Waals surface area contributed by atoms with E-state index in [2.05, 4.69) is 0 Å². The smallest absolute Gasteiger partial charge is 0.390 e. The van der Waals surface area contributed by atoms with Gasteiger partial charge in [0, 0.05) is 16.0 Å². The first-order chi connectivity index (χ1) is 8.15. The number of hydrogen-bond donors (Lipinski definition) is 1. The molecule has 2 rings (SSSR count). The lowest BCUT2D eigenvalue weighted by Gasteiger charge is -2.14. The van der Waals surface area contributed by atoms with E-state index in [9.17, 15) is 18.3 Å². The zero-order valence-electron chi connectivity index (χ0n) is 10.0. The molecule has 0 bridgehead atoms. The second-order valence-electron chi connectivity index (χ2n) is 4.95. The molecule has 98 valence electrons. The Hall–Kier alpha value is -1.07. The number of rotatable bonds is 2. The second kappa shape index (κ2) is 4.24. The van der Waals surface area contributed by atoms with E-state index in [1.54, 1.807) is 19.9 Å². The van der Waals surface area contributed by atoms with Crippen LogP contribution in [-0.2, 0) is 12.6 Å². The van der Waals surface area contributed by atoms with Gasteiger partial charge in [0.05, 0.1) is 11.2 Å². The number of alkyl halides is 3. The lowest BCUT2D eigenvalue weighted by molar-refractivity contribution is -0.137. The first-order valence-electron chi connectivity index (χ1n) is 5.47. The molecule has 1 N–H and O–H groups in total. The summed E-state index contributed by atoms with van der Waals surface area (Å²) >= 11 is 1.42. The summed E-state index contributed by atoms with van der Waals surface area (Å²) in [5, 5.41) is 10.3. The van der Waals surface area contributed by atoms with E-state index < -0.39 is 17.3 Å². The quantitative estimate of drug-likeness (QED) is 0.868. The fourth-order valence-corrected chi connectivity index (χ4v) is 3.05. The Kier molecular flexibility index (Phi) is 3.15. The lowest BCUT2D eigenvalue weighted by atomic mass is 10.0. The highest BCUT2D eigenvalue weighted by Crippen LogP contribution is 2.34. The van der Waals surface area contributed by atoms with Gasteiger partial charge < -0.3 is 5.11 Å². The molecule has 0 saturated heterocycles. The van der Waals surface area contributed by atoms with Crippen molar-refractivity contribution in [2.75, 3.05) is 0 Å². The Morgan fingerprint density at radius 3 is 2.39 bits per heavy atom. The highest BCUT2D eigenvalue weighted by Gasteiger charge is 2.30. The van der Waals surface area contributed by atoms with Crippen molar-refractivity contribution in [1.82, 2.24) is 0 Å². The minimum atomic E-state index is -4.31. The normalized spacial score (nSPS) is 13.2. The number of halogens is 3. The molecular weight excluding hydrogens is 261 g/mol. The molecule has 0 spiro atoms. The molecule has 0 amide bonds. The van der Waals surface area contributed by atoms with Crippen molar-refractivity contribution < 1.29 is 18.3 Å². The standard InChI is InChI=1S/C13H13F3OS/c1-12(2,17)7-10-6-8-5-9(13(14,15)16)3-4-11(8)18-10/h3-6,17H,7H2,1-2H3. The zero-order valence-corrected chi connectivity index (χ0v) is 10.8. The summed E-state index contributed by atoms with van der Waals surface area (Å²) in [7, 11) is 0. The van der Waals surface area contributed by atoms with Gasteiger partial charge in [0.25, 0.3) is 0 Å². The van der Waals surface area contributed by atoms with Crippen LogP contribution in [0.3, 0.4) is 0 Å². The molecule has 0 aliphatic heterocycles. The Morgan fingerprint density at radius 2 is 1.83 bits per heavy atom. The summed E-state index contributed by atoms with van der Waals surface area (Å²) in [6.07, 6.45) is -3.87. The van der Waals surface area contributed by atoms with Crippen LogP contribution in [0.1, 0.15) is 24.3 Å². The van der Waals surface area contributed by atoms with Crippen LogP contribution in [-0.4, -0.2) is 10.7 Å². The fraction of sp³-hybridized carbons (Fsp3) is 0.385. The van der Waals surface area contributed by atoms with Gasteiger partial charge in [-0.3, -0.25) is 0 Å². The monoisotopic (exact) mass is 274 g/mol. The first kappa shape index (κ1) is 13.4. The van der Waals surface area contributed by atoms with E-state index in [1.807, 2.05) is 0 Å². The molecular formula is C13H13F3OS. The third kappa shape index (κ3) is 3.03. The molecule has 2 aromatic rings. The van der Waals surface area contributed by atoms with E-state index >= 15 is 0 Å². The van der Waals surface area contributed by atoms with Crippen LogP contribution in [0.4, 0.5) is 13.2 Å². The van der Waals surface area contributed by atoms with Crippen LogP contribution in [0.5, 0.6) is 0 Å². The van der Waals surface area contributed by atoms with Gasteiger partial charge in [-0.05, 0) is 43.5 Å². The minimum absolute atomic E-state index is 0.438. The summed E-state index contributed by atoms with van der Waals surface area (Å²) in [6, 6.07) is 5.44. The second-order valence-corrected chi connectivity index (χ2v) is 6.12. The zero-order chi connectivity index (χ0) is 13.6. The molecule has 0 atom stereocenters. The number of fused-ring (bicyclic) bond motifs is 1. The minimum Gasteiger partial charge on any atom is -0.390 e. The van der Waals surface area contributed by atoms with Gasteiger partial charge in [0.15, 0.2) is 0 Å². The average molecular weight is 274 g/mol. The number of hydrogen-bond acceptors (Lipinski definition) is 2. The van der Waals surface area contributed by atoms with Crippen molar-refractivity contribution in [3.05, 3.63) is 34.7 Å². The maximum Gasteiger partial charge on any atom is 0.416 e. The molecule has 0 unspecified atom stereocenters. The summed E-state index contributed by atoms with van der Waals surface area (Å²) in [4.78, 5) is 0.886. The largest absolute Gasteiger partial charge is 0.416 e. The average Bonchev–Trinajstić information content (AvgIpc) is 2.53. The molecule has 1 nitrogen and oxygen atoms in total. The predicted molar refractivity (Wildman–Crippen MR) is 66.8 cm³/mol. The van der Waals surface area contributed by atoms with Crippen molar-refractivity contribution in [3.8, 4) is 0 Å². The van der Waals surface area contributed by atoms with Crippen LogP contribution < -0.4 is 0 Å². The van der Waals surface area contributed by atoms with E-state index in [1.165, 1.54) is 17.4 Å². The van der Waals surface area contributed by atoms with E-state index in [0.717, 1.165) is 21.7 Å². The molecule has 0 aliphatic rings. The molecule has 0 aliphatic carbocycles. The van der Waals surface area contributed by atoms with Gasteiger partial charge in [-0.15, -0.1) is 11.3 Å². The molecule has 1 heterocycles. The van der Waals surface area contributed by atoms with Gasteiger partial charge in [-0.2, -0.15) is 13.2 Å². The van der Waals surface area contributed by atoms with Crippen molar-refractivity contribution in [2.24, 2.45) is 0 Å². The summed E-state index contributed by atoms with van der Waals surface area (Å²) in [6.45, 7) is 3.36. The van der Waals surface area contributed by atoms with Gasteiger partial charge >= 0.3 is 6.18 Å². The number of thiophene rings is 1. The Morgan fingerprint density at radius 1 is 1.17 bits per heavy atom. The third-order valence-corrected chi connectivity index (χ3v) is 3.62. The highest BCUT2D eigenvalue weighted by molar-refractivity contribution is 7.19. The molecule has 0 fully saturated rings. The fourth-order valence-electron chi connectivity index (χ4n) is 1.79. The van der Waals surface area contributed by atoms with Crippen molar-refractivity contribution in [3.63, 3.8) is 0 Å². The van der Waals surface area contributed by atoms with Crippen LogP contribution in [0, 0.1) is 0 Å². The van der Waals surface area contributed by atoms with Crippen LogP contribution in [0.25, 0.3) is 10.1 Å². The molecule has 0 saturated carbocycles. The van der Waals surface area contributed by atoms with E-state index in [-0.39, 0.29) is 0 Å². The molecule has 5 heteroatoms. The molecule has 18 heavy (non-hydrogen) atoms. The first-order valence-corrected chi connectivity index (χ1v) is 6.29. The maximum atomic E-state index is 12.6. The van der Waals surface area contributed by atoms with Crippen LogP contribution in [0.2, 0.25) is 0 Å². The molecule has 1 aromatic heterocycles. The number of aliphatic hydroxyl groups is 1. The van der Waals surface area contributed by atoms with E-state index in [4.69, 9.17) is 0 Å².